The molecular weight excluding hydrogens is 281 g/mol. The lowest BCUT2D eigenvalue weighted by Crippen LogP contribution is -2.30. The number of nitrogens with zero attached hydrogens (tertiary/aromatic N) is 3. The van der Waals surface area contributed by atoms with E-state index in [1.807, 2.05) is 31.6 Å². The summed E-state index contributed by atoms with van der Waals surface area (Å²) in [6.07, 6.45) is 3.78. The van der Waals surface area contributed by atoms with E-state index < -0.39 is 0 Å². The number of rotatable bonds is 5. The average Bonchev–Trinajstić information content (AvgIpc) is 2.87. The van der Waals surface area contributed by atoms with E-state index in [4.69, 9.17) is 4.74 Å². The Morgan fingerprint density at radius 1 is 1.32 bits per heavy atom. The molecule has 0 bridgehead atoms. The summed E-state index contributed by atoms with van der Waals surface area (Å²) in [5.74, 6) is 0.254. The minimum Gasteiger partial charge on any atom is -0.381 e. The van der Waals surface area contributed by atoms with Crippen molar-refractivity contribution >= 4 is 0 Å². The molecule has 0 fully saturated rings. The highest BCUT2D eigenvalue weighted by Gasteiger charge is 2.22. The van der Waals surface area contributed by atoms with E-state index >= 15 is 0 Å². The van der Waals surface area contributed by atoms with Crippen LogP contribution in [-0.4, -0.2) is 34.2 Å². The first-order valence-electron chi connectivity index (χ1n) is 7.78. The molecule has 1 atom stereocenters. The molecule has 3 rings (SSSR count). The fourth-order valence-electron chi connectivity index (χ4n) is 3.02. The van der Waals surface area contributed by atoms with Crippen LogP contribution >= 0.6 is 0 Å². The van der Waals surface area contributed by atoms with Gasteiger partial charge in [-0.15, -0.1) is 0 Å². The molecule has 118 valence electrons. The highest BCUT2D eigenvalue weighted by molar-refractivity contribution is 5.17. The van der Waals surface area contributed by atoms with E-state index in [0.717, 1.165) is 38.4 Å². The van der Waals surface area contributed by atoms with E-state index in [9.17, 15) is 4.39 Å². The second-order valence-electron chi connectivity index (χ2n) is 5.82. The van der Waals surface area contributed by atoms with Crippen LogP contribution in [0.5, 0.6) is 0 Å². The first-order valence-corrected chi connectivity index (χ1v) is 7.78. The zero-order chi connectivity index (χ0) is 15.4. The number of halogens is 1. The Bertz CT molecular complexity index is 613. The third kappa shape index (κ3) is 3.54. The van der Waals surface area contributed by atoms with Gasteiger partial charge in [0.1, 0.15) is 5.82 Å². The molecule has 1 unspecified atom stereocenters. The zero-order valence-electron chi connectivity index (χ0n) is 12.9. The quantitative estimate of drug-likeness (QED) is 0.851. The van der Waals surface area contributed by atoms with Crippen LogP contribution in [0.1, 0.15) is 18.2 Å². The summed E-state index contributed by atoms with van der Waals surface area (Å²) < 4.78 is 21.7. The first kappa shape index (κ1) is 15.2. The van der Waals surface area contributed by atoms with Gasteiger partial charge in [0.15, 0.2) is 0 Å². The Morgan fingerprint density at radius 3 is 3.00 bits per heavy atom. The molecule has 0 radical (unpaired) electrons. The van der Waals surface area contributed by atoms with Crippen molar-refractivity contribution in [1.82, 2.24) is 14.5 Å². The lowest BCUT2D eigenvalue weighted by Gasteiger charge is -2.24. The lowest BCUT2D eigenvalue weighted by molar-refractivity contribution is 0.0848. The summed E-state index contributed by atoms with van der Waals surface area (Å²) in [4.78, 5) is 6.52. The van der Waals surface area contributed by atoms with E-state index in [0.29, 0.717) is 12.5 Å². The fraction of sp³-hybridized carbons (Fsp3) is 0.471. The molecule has 5 heteroatoms. The Kier molecular flexibility index (Phi) is 4.85. The monoisotopic (exact) mass is 303 g/mol. The minimum absolute atomic E-state index is 0.137. The van der Waals surface area contributed by atoms with Crippen LogP contribution in [0.15, 0.2) is 36.8 Å². The van der Waals surface area contributed by atoms with Crippen LogP contribution in [0.4, 0.5) is 4.39 Å². The van der Waals surface area contributed by atoms with Crippen molar-refractivity contribution in [2.75, 3.05) is 19.8 Å². The Labute approximate surface area is 130 Å². The molecule has 0 saturated heterocycles. The summed E-state index contributed by atoms with van der Waals surface area (Å²) in [5.41, 5.74) is 1.92. The van der Waals surface area contributed by atoms with Crippen LogP contribution in [0.2, 0.25) is 0 Å². The number of hydrogen-bond acceptors (Lipinski definition) is 3. The van der Waals surface area contributed by atoms with Crippen molar-refractivity contribution in [3.05, 3.63) is 53.9 Å². The van der Waals surface area contributed by atoms with Crippen LogP contribution < -0.4 is 0 Å². The molecule has 1 aliphatic rings. The predicted molar refractivity (Wildman–Crippen MR) is 82.7 cm³/mol. The highest BCUT2D eigenvalue weighted by atomic mass is 19.1. The third-order valence-electron chi connectivity index (χ3n) is 4.06. The molecular formula is C17H22FN3O. The first-order chi connectivity index (χ1) is 10.8. The second kappa shape index (κ2) is 7.03. The summed E-state index contributed by atoms with van der Waals surface area (Å²) >= 11 is 0. The van der Waals surface area contributed by atoms with E-state index in [2.05, 4.69) is 14.5 Å². The maximum Gasteiger partial charge on any atom is 0.127 e. The normalized spacial score (nSPS) is 18.9. The van der Waals surface area contributed by atoms with Crippen LogP contribution in [0.25, 0.3) is 0 Å². The molecule has 2 heterocycles. The van der Waals surface area contributed by atoms with Gasteiger partial charge in [-0.2, -0.15) is 0 Å². The lowest BCUT2D eigenvalue weighted by atomic mass is 10.1. The van der Waals surface area contributed by atoms with E-state index in [1.165, 1.54) is 11.8 Å². The predicted octanol–water partition coefficient (Wildman–Crippen LogP) is 2.69. The van der Waals surface area contributed by atoms with Crippen molar-refractivity contribution in [2.24, 2.45) is 5.92 Å². The van der Waals surface area contributed by atoms with Crippen LogP contribution in [-0.2, 0) is 24.4 Å². The molecule has 22 heavy (non-hydrogen) atoms. The SMILES string of the molecule is CCOCC1CN(Cc2ccccc2F)Cc2cncn2C1. The number of fused-ring (bicyclic) bond motifs is 1. The number of imidazole rings is 1. The smallest absolute Gasteiger partial charge is 0.127 e. The van der Waals surface area contributed by atoms with E-state index in [1.54, 1.807) is 6.07 Å². The zero-order valence-corrected chi connectivity index (χ0v) is 12.9. The van der Waals surface area contributed by atoms with Crippen molar-refractivity contribution in [3.63, 3.8) is 0 Å². The number of hydrogen-bond donors (Lipinski definition) is 0. The maximum atomic E-state index is 13.9. The van der Waals surface area contributed by atoms with Gasteiger partial charge >= 0.3 is 0 Å². The van der Waals surface area contributed by atoms with Crippen molar-refractivity contribution < 1.29 is 9.13 Å². The Balaban J connectivity index is 1.76. The third-order valence-corrected chi connectivity index (χ3v) is 4.06. The van der Waals surface area contributed by atoms with Gasteiger partial charge in [-0.3, -0.25) is 4.90 Å². The van der Waals surface area contributed by atoms with Gasteiger partial charge in [-0.1, -0.05) is 18.2 Å². The minimum atomic E-state index is -0.137. The molecule has 2 aromatic rings. The van der Waals surface area contributed by atoms with Crippen molar-refractivity contribution in [1.29, 1.82) is 0 Å². The molecule has 1 aromatic heterocycles. The van der Waals surface area contributed by atoms with Gasteiger partial charge < -0.3 is 9.30 Å². The van der Waals surface area contributed by atoms with Crippen LogP contribution in [0, 0.1) is 11.7 Å². The molecule has 1 aromatic carbocycles. The second-order valence-corrected chi connectivity index (χ2v) is 5.82. The van der Waals surface area contributed by atoms with Gasteiger partial charge in [0.25, 0.3) is 0 Å². The highest BCUT2D eigenvalue weighted by Crippen LogP contribution is 2.19. The molecule has 0 amide bonds. The van der Waals surface area contributed by atoms with E-state index in [-0.39, 0.29) is 5.82 Å². The Morgan fingerprint density at radius 2 is 2.18 bits per heavy atom. The van der Waals surface area contributed by atoms with Gasteiger partial charge in [0.2, 0.25) is 0 Å². The molecule has 0 saturated carbocycles. The van der Waals surface area contributed by atoms with Crippen molar-refractivity contribution in [3.8, 4) is 0 Å². The number of aromatic nitrogens is 2. The molecule has 4 nitrogen and oxygen atoms in total. The Hall–Kier alpha value is -1.72. The number of ether oxygens (including phenoxy) is 1. The van der Waals surface area contributed by atoms with Crippen molar-refractivity contribution in [2.45, 2.75) is 26.6 Å². The molecule has 0 aliphatic carbocycles. The number of benzene rings is 1. The summed E-state index contributed by atoms with van der Waals surface area (Å²) in [6, 6.07) is 7.00. The van der Waals surface area contributed by atoms with Gasteiger partial charge in [-0.05, 0) is 13.0 Å². The maximum absolute atomic E-state index is 13.9. The summed E-state index contributed by atoms with van der Waals surface area (Å²) in [7, 11) is 0. The standard InChI is InChI=1S/C17H22FN3O/c1-2-22-12-14-8-20(10-15-5-3-4-6-17(15)18)11-16-7-19-13-21(16)9-14/h3-7,13-14H,2,8-12H2,1H3. The largest absolute Gasteiger partial charge is 0.381 e. The molecule has 0 spiro atoms. The summed E-state index contributed by atoms with van der Waals surface area (Å²) in [6.45, 7) is 6.66. The summed E-state index contributed by atoms with van der Waals surface area (Å²) in [5, 5.41) is 0. The van der Waals surface area contributed by atoms with Crippen LogP contribution in [0.3, 0.4) is 0 Å². The fourth-order valence-corrected chi connectivity index (χ4v) is 3.02. The van der Waals surface area contributed by atoms with Gasteiger partial charge in [-0.25, -0.2) is 9.37 Å². The van der Waals surface area contributed by atoms with Gasteiger partial charge in [0.05, 0.1) is 18.6 Å². The van der Waals surface area contributed by atoms with Gasteiger partial charge in [0, 0.05) is 50.5 Å². The molecule has 1 aliphatic heterocycles. The average molecular weight is 303 g/mol. The molecule has 0 N–H and O–H groups in total. The topological polar surface area (TPSA) is 30.3 Å².